The van der Waals surface area contributed by atoms with Gasteiger partial charge in [0.15, 0.2) is 0 Å². The number of nitrogens with zero attached hydrogens (tertiary/aromatic N) is 3. The number of amides is 2. The summed E-state index contributed by atoms with van der Waals surface area (Å²) in [6, 6.07) is 3.14. The summed E-state index contributed by atoms with van der Waals surface area (Å²) < 4.78 is 4.96. The lowest BCUT2D eigenvalue weighted by Gasteiger charge is -2.16. The Kier molecular flexibility index (Phi) is 3.65. The fourth-order valence-electron chi connectivity index (χ4n) is 1.47. The highest BCUT2D eigenvalue weighted by molar-refractivity contribution is 6.00. The van der Waals surface area contributed by atoms with Crippen molar-refractivity contribution in [3.8, 4) is 5.88 Å². The monoisotopic (exact) mass is 261 g/mol. The lowest BCUT2D eigenvalue weighted by Crippen LogP contribution is -2.31. The summed E-state index contributed by atoms with van der Waals surface area (Å²) in [6.45, 7) is 1.86. The number of aromatic amines is 1. The number of methoxy groups -OCH3 is 1. The average Bonchev–Trinajstić information content (AvgIpc) is 2.83. The van der Waals surface area contributed by atoms with Gasteiger partial charge in [-0.05, 0) is 13.0 Å². The fourth-order valence-corrected chi connectivity index (χ4v) is 1.47. The topological polar surface area (TPSA) is 83.1 Å². The normalized spacial score (nSPS) is 10.1. The Morgan fingerprint density at radius 2 is 2.16 bits per heavy atom. The molecular weight excluding hydrogens is 246 g/mol. The first-order valence-corrected chi connectivity index (χ1v) is 5.66. The Balaban J connectivity index is 2.05. The lowest BCUT2D eigenvalue weighted by atomic mass is 10.4. The van der Waals surface area contributed by atoms with E-state index in [9.17, 15) is 4.79 Å². The van der Waals surface area contributed by atoms with Crippen LogP contribution in [0.25, 0.3) is 0 Å². The van der Waals surface area contributed by atoms with Crippen molar-refractivity contribution >= 4 is 17.7 Å². The van der Waals surface area contributed by atoms with Crippen molar-refractivity contribution in [1.82, 2.24) is 15.0 Å². The molecule has 2 rings (SSSR count). The van der Waals surface area contributed by atoms with E-state index in [0.717, 1.165) is 5.69 Å². The van der Waals surface area contributed by atoms with Gasteiger partial charge in [0.05, 0.1) is 19.0 Å². The third kappa shape index (κ3) is 3.01. The number of H-pyrrole nitrogens is 1. The summed E-state index contributed by atoms with van der Waals surface area (Å²) in [7, 11) is 3.19. The molecule has 0 radical (unpaired) electrons. The van der Waals surface area contributed by atoms with Gasteiger partial charge in [-0.15, -0.1) is 0 Å². The molecule has 0 atom stereocenters. The minimum atomic E-state index is -0.304. The third-order valence-corrected chi connectivity index (χ3v) is 2.55. The molecule has 0 aromatic carbocycles. The predicted molar refractivity (Wildman–Crippen MR) is 71.5 cm³/mol. The molecule has 0 saturated carbocycles. The van der Waals surface area contributed by atoms with Crippen LogP contribution in [-0.4, -0.2) is 35.1 Å². The van der Waals surface area contributed by atoms with Crippen molar-refractivity contribution in [2.45, 2.75) is 6.92 Å². The van der Waals surface area contributed by atoms with E-state index < -0.39 is 0 Å². The largest absolute Gasteiger partial charge is 0.481 e. The number of hydrogen-bond acceptors (Lipinski definition) is 4. The number of carbonyl (C=O) groups excluding carboxylic acids is 1. The first kappa shape index (κ1) is 12.9. The standard InChI is InChI=1S/C12H15N5O2/c1-8-6-14-11(15-8)16-12(18)17(2)9-4-5-10(19-3)13-7-9/h4-7H,1-3H3,(H2,14,15,16,18). The summed E-state index contributed by atoms with van der Waals surface area (Å²) >= 11 is 0. The number of urea groups is 1. The van der Waals surface area contributed by atoms with Gasteiger partial charge in [-0.25, -0.2) is 14.8 Å². The van der Waals surface area contributed by atoms with Crippen LogP contribution in [0.15, 0.2) is 24.5 Å². The maximum absolute atomic E-state index is 12.0. The molecule has 2 amide bonds. The molecule has 0 saturated heterocycles. The molecule has 2 aromatic rings. The van der Waals surface area contributed by atoms with E-state index in [-0.39, 0.29) is 6.03 Å². The van der Waals surface area contributed by atoms with Crippen molar-refractivity contribution < 1.29 is 9.53 Å². The molecule has 0 bridgehead atoms. The van der Waals surface area contributed by atoms with Crippen LogP contribution in [-0.2, 0) is 0 Å². The van der Waals surface area contributed by atoms with Gasteiger partial charge in [0.2, 0.25) is 11.8 Å². The summed E-state index contributed by atoms with van der Waals surface area (Å²) in [5, 5.41) is 2.65. The molecule has 0 aliphatic carbocycles. The molecule has 0 aliphatic heterocycles. The number of imidazole rings is 1. The average molecular weight is 261 g/mol. The molecule has 0 spiro atoms. The van der Waals surface area contributed by atoms with Crippen molar-refractivity contribution in [3.63, 3.8) is 0 Å². The number of hydrogen-bond donors (Lipinski definition) is 2. The van der Waals surface area contributed by atoms with Crippen LogP contribution in [0.4, 0.5) is 16.4 Å². The van der Waals surface area contributed by atoms with Crippen molar-refractivity contribution in [1.29, 1.82) is 0 Å². The Morgan fingerprint density at radius 1 is 1.37 bits per heavy atom. The van der Waals surface area contributed by atoms with E-state index in [4.69, 9.17) is 4.74 Å². The van der Waals surface area contributed by atoms with E-state index in [1.165, 1.54) is 12.0 Å². The van der Waals surface area contributed by atoms with Gasteiger partial charge in [-0.2, -0.15) is 0 Å². The maximum atomic E-state index is 12.0. The lowest BCUT2D eigenvalue weighted by molar-refractivity contribution is 0.258. The van der Waals surface area contributed by atoms with Crippen LogP contribution < -0.4 is 15.0 Å². The van der Waals surface area contributed by atoms with Crippen LogP contribution in [0.5, 0.6) is 5.88 Å². The fraction of sp³-hybridized carbons (Fsp3) is 0.250. The van der Waals surface area contributed by atoms with E-state index in [1.807, 2.05) is 6.92 Å². The highest BCUT2D eigenvalue weighted by Gasteiger charge is 2.12. The molecule has 0 aliphatic rings. The molecule has 7 heteroatoms. The number of aryl methyl sites for hydroxylation is 1. The minimum Gasteiger partial charge on any atom is -0.481 e. The first-order chi connectivity index (χ1) is 9.10. The predicted octanol–water partition coefficient (Wildman–Crippen LogP) is 1.79. The molecular formula is C12H15N5O2. The van der Waals surface area contributed by atoms with Crippen molar-refractivity contribution in [2.75, 3.05) is 24.4 Å². The van der Waals surface area contributed by atoms with Crippen LogP contribution in [0.2, 0.25) is 0 Å². The van der Waals surface area contributed by atoms with Gasteiger partial charge < -0.3 is 9.72 Å². The van der Waals surface area contributed by atoms with Gasteiger partial charge in [0.1, 0.15) is 0 Å². The summed E-state index contributed by atoms with van der Waals surface area (Å²) in [5.41, 5.74) is 1.53. The van der Waals surface area contributed by atoms with E-state index in [2.05, 4.69) is 20.3 Å². The van der Waals surface area contributed by atoms with Crippen LogP contribution >= 0.6 is 0 Å². The molecule has 19 heavy (non-hydrogen) atoms. The number of rotatable bonds is 3. The Hall–Kier alpha value is -2.57. The summed E-state index contributed by atoms with van der Waals surface area (Å²) in [6.07, 6.45) is 3.20. The second-order valence-corrected chi connectivity index (χ2v) is 3.96. The zero-order valence-corrected chi connectivity index (χ0v) is 11.0. The quantitative estimate of drug-likeness (QED) is 0.882. The van der Waals surface area contributed by atoms with E-state index in [1.54, 1.807) is 31.6 Å². The zero-order chi connectivity index (χ0) is 13.8. The van der Waals surface area contributed by atoms with E-state index >= 15 is 0 Å². The SMILES string of the molecule is COc1ccc(N(C)C(=O)Nc2ncc(C)[nH]2)cn1. The number of ether oxygens (including phenoxy) is 1. The molecule has 7 nitrogen and oxygen atoms in total. The second-order valence-electron chi connectivity index (χ2n) is 3.96. The maximum Gasteiger partial charge on any atom is 0.328 e. The Morgan fingerprint density at radius 3 is 2.68 bits per heavy atom. The highest BCUT2D eigenvalue weighted by Crippen LogP contribution is 2.15. The minimum absolute atomic E-state index is 0.304. The zero-order valence-electron chi connectivity index (χ0n) is 11.0. The van der Waals surface area contributed by atoms with Gasteiger partial charge >= 0.3 is 6.03 Å². The van der Waals surface area contributed by atoms with Gasteiger partial charge in [-0.3, -0.25) is 10.2 Å². The Labute approximate surface area is 110 Å². The number of nitrogens with one attached hydrogen (secondary N) is 2. The summed E-state index contributed by atoms with van der Waals surface area (Å²) in [5.74, 6) is 0.912. The number of anilines is 2. The molecule has 0 unspecified atom stereocenters. The van der Waals surface area contributed by atoms with Crippen LogP contribution in [0, 0.1) is 6.92 Å². The molecule has 2 aromatic heterocycles. The first-order valence-electron chi connectivity index (χ1n) is 5.66. The van der Waals surface area contributed by atoms with Crippen LogP contribution in [0.1, 0.15) is 5.69 Å². The van der Waals surface area contributed by atoms with Crippen molar-refractivity contribution in [2.24, 2.45) is 0 Å². The molecule has 100 valence electrons. The van der Waals surface area contributed by atoms with Gasteiger partial charge in [-0.1, -0.05) is 0 Å². The van der Waals surface area contributed by atoms with Crippen molar-refractivity contribution in [3.05, 3.63) is 30.2 Å². The van der Waals surface area contributed by atoms with E-state index in [0.29, 0.717) is 17.5 Å². The Bertz CT molecular complexity index is 564. The second kappa shape index (κ2) is 5.38. The molecule has 2 N–H and O–H groups in total. The van der Waals surface area contributed by atoms with Gasteiger partial charge in [0, 0.05) is 25.0 Å². The molecule has 0 fully saturated rings. The number of pyridine rings is 1. The smallest absolute Gasteiger partial charge is 0.328 e. The number of carbonyl (C=O) groups is 1. The highest BCUT2D eigenvalue weighted by atomic mass is 16.5. The molecule has 2 heterocycles. The third-order valence-electron chi connectivity index (χ3n) is 2.55. The van der Waals surface area contributed by atoms with Gasteiger partial charge in [0.25, 0.3) is 0 Å². The number of aromatic nitrogens is 3. The summed E-state index contributed by atoms with van der Waals surface area (Å²) in [4.78, 5) is 24.4. The van der Waals surface area contributed by atoms with Crippen LogP contribution in [0.3, 0.4) is 0 Å².